The van der Waals surface area contributed by atoms with Crippen molar-refractivity contribution in [3.05, 3.63) is 63.3 Å². The van der Waals surface area contributed by atoms with Gasteiger partial charge in [-0.25, -0.2) is 0 Å². The minimum Gasteiger partial charge on any atom is -0.368 e. The maximum atomic E-state index is 6.50. The van der Waals surface area contributed by atoms with Gasteiger partial charge in [-0.1, -0.05) is 23.2 Å². The third-order valence-electron chi connectivity index (χ3n) is 8.93. The molecule has 1 aromatic heterocycles. The van der Waals surface area contributed by atoms with Crippen molar-refractivity contribution in [2.75, 3.05) is 18.4 Å². The summed E-state index contributed by atoms with van der Waals surface area (Å²) < 4.78 is 0. The Kier molecular flexibility index (Phi) is 3.20. The fourth-order valence-electron chi connectivity index (χ4n) is 7.53. The van der Waals surface area contributed by atoms with E-state index in [2.05, 4.69) is 58.6 Å². The molecule has 0 radical (unpaired) electrons. The molecule has 6 heteroatoms. The average Bonchev–Trinajstić information content (AvgIpc) is 3.39. The van der Waals surface area contributed by atoms with Crippen LogP contribution in [-0.2, 0) is 17.4 Å². The van der Waals surface area contributed by atoms with Crippen molar-refractivity contribution in [2.24, 2.45) is 0 Å². The molecule has 0 aliphatic carbocycles. The predicted octanol–water partition coefficient (Wildman–Crippen LogP) is 5.00. The number of hydrogen-bond acceptors (Lipinski definition) is 3. The SMILES string of the molecule is CC12c3[nH]c4ccc(Cl)cc4c3CCN1C1Nc3ccc(Cl)cc3C13CCNC32C. The zero-order valence-corrected chi connectivity index (χ0v) is 18.6. The Morgan fingerprint density at radius 2 is 1.87 bits per heavy atom. The van der Waals surface area contributed by atoms with Crippen LogP contribution in [0.4, 0.5) is 5.69 Å². The van der Waals surface area contributed by atoms with Crippen LogP contribution in [0.5, 0.6) is 0 Å². The Hall–Kier alpha value is -1.72. The van der Waals surface area contributed by atoms with E-state index in [1.165, 1.54) is 33.4 Å². The summed E-state index contributed by atoms with van der Waals surface area (Å²) in [5, 5.41) is 10.8. The second-order valence-corrected chi connectivity index (χ2v) is 10.6. The van der Waals surface area contributed by atoms with Crippen molar-refractivity contribution in [1.29, 1.82) is 0 Å². The lowest BCUT2D eigenvalue weighted by Gasteiger charge is -2.50. The number of nitrogens with zero attached hydrogens (tertiary/aromatic N) is 1. The summed E-state index contributed by atoms with van der Waals surface area (Å²) in [6.45, 7) is 6.87. The third-order valence-corrected chi connectivity index (χ3v) is 9.40. The van der Waals surface area contributed by atoms with Crippen molar-refractivity contribution >= 4 is 39.8 Å². The van der Waals surface area contributed by atoms with Crippen molar-refractivity contribution in [3.63, 3.8) is 0 Å². The van der Waals surface area contributed by atoms with Crippen LogP contribution in [-0.4, -0.2) is 34.7 Å². The molecule has 4 aliphatic rings. The maximum Gasteiger partial charge on any atom is 0.0920 e. The zero-order valence-electron chi connectivity index (χ0n) is 17.1. The molecule has 7 rings (SSSR count). The van der Waals surface area contributed by atoms with Gasteiger partial charge in [0.1, 0.15) is 0 Å². The Balaban J connectivity index is 1.53. The largest absolute Gasteiger partial charge is 0.368 e. The molecule has 2 fully saturated rings. The van der Waals surface area contributed by atoms with Gasteiger partial charge in [-0.2, -0.15) is 0 Å². The lowest BCUT2D eigenvalue weighted by Crippen LogP contribution is -2.63. The molecule has 0 amide bonds. The second kappa shape index (κ2) is 5.36. The maximum absolute atomic E-state index is 6.50. The standard InChI is InChI=1S/C24H24Cl2N4/c1-22-20-15(16-11-13(25)3-5-18(16)28-20)7-10-30(22)21-24(8-9-27-23(22,24)2)17-12-14(26)4-6-19(17)29-21/h3-6,11-12,21,27-29H,7-10H2,1-2H3. The zero-order chi connectivity index (χ0) is 20.5. The van der Waals surface area contributed by atoms with Crippen LogP contribution < -0.4 is 10.6 Å². The van der Waals surface area contributed by atoms with Gasteiger partial charge in [0.2, 0.25) is 0 Å². The summed E-state index contributed by atoms with van der Waals surface area (Å²) in [5.74, 6) is 0. The van der Waals surface area contributed by atoms with E-state index in [0.29, 0.717) is 0 Å². The lowest BCUT2D eigenvalue weighted by molar-refractivity contribution is 0.0594. The molecule has 4 nitrogen and oxygen atoms in total. The smallest absolute Gasteiger partial charge is 0.0920 e. The fraction of sp³-hybridized carbons (Fsp3) is 0.417. The molecule has 4 unspecified atom stereocenters. The summed E-state index contributed by atoms with van der Waals surface area (Å²) in [7, 11) is 0. The van der Waals surface area contributed by atoms with Gasteiger partial charge in [0.25, 0.3) is 0 Å². The number of H-pyrrole nitrogens is 1. The highest BCUT2D eigenvalue weighted by Crippen LogP contribution is 2.67. The number of rotatable bonds is 0. The molecule has 3 aromatic rings. The van der Waals surface area contributed by atoms with Crippen LogP contribution in [0.3, 0.4) is 0 Å². The van der Waals surface area contributed by atoms with Crippen LogP contribution in [0.1, 0.15) is 37.1 Å². The highest BCUT2D eigenvalue weighted by atomic mass is 35.5. The van der Waals surface area contributed by atoms with Crippen LogP contribution in [0.25, 0.3) is 10.9 Å². The Morgan fingerprint density at radius 3 is 2.73 bits per heavy atom. The summed E-state index contributed by atoms with van der Waals surface area (Å²) in [5.41, 5.74) is 6.17. The van der Waals surface area contributed by atoms with Gasteiger partial charge in [-0.3, -0.25) is 4.90 Å². The van der Waals surface area contributed by atoms with Crippen molar-refractivity contribution < 1.29 is 0 Å². The Morgan fingerprint density at radius 1 is 1.07 bits per heavy atom. The second-order valence-electron chi connectivity index (χ2n) is 9.69. The molecule has 154 valence electrons. The van der Waals surface area contributed by atoms with Crippen molar-refractivity contribution in [1.82, 2.24) is 15.2 Å². The van der Waals surface area contributed by atoms with Crippen LogP contribution in [0.15, 0.2) is 36.4 Å². The number of benzene rings is 2. The highest BCUT2D eigenvalue weighted by molar-refractivity contribution is 6.31. The van der Waals surface area contributed by atoms with Crippen LogP contribution in [0, 0.1) is 0 Å². The van der Waals surface area contributed by atoms with E-state index >= 15 is 0 Å². The first-order valence-electron chi connectivity index (χ1n) is 10.8. The average molecular weight is 439 g/mol. The molecule has 4 atom stereocenters. The van der Waals surface area contributed by atoms with E-state index in [0.717, 1.165) is 36.0 Å². The van der Waals surface area contributed by atoms with Gasteiger partial charge in [0.05, 0.1) is 22.7 Å². The Bertz CT molecular complexity index is 1250. The molecule has 2 saturated heterocycles. The third kappa shape index (κ3) is 1.70. The van der Waals surface area contributed by atoms with Gasteiger partial charge in [0.15, 0.2) is 0 Å². The molecule has 0 bridgehead atoms. The summed E-state index contributed by atoms with van der Waals surface area (Å²) >= 11 is 12.9. The van der Waals surface area contributed by atoms with E-state index in [-0.39, 0.29) is 22.7 Å². The summed E-state index contributed by atoms with van der Waals surface area (Å²) in [6, 6.07) is 12.6. The van der Waals surface area contributed by atoms with Crippen molar-refractivity contribution in [2.45, 2.75) is 49.3 Å². The van der Waals surface area contributed by atoms with E-state index in [4.69, 9.17) is 23.2 Å². The number of fused-ring (bicyclic) bond motifs is 8. The van der Waals surface area contributed by atoms with Gasteiger partial charge < -0.3 is 15.6 Å². The number of anilines is 1. The van der Waals surface area contributed by atoms with E-state index in [9.17, 15) is 0 Å². The molecule has 5 heterocycles. The molecule has 3 N–H and O–H groups in total. The first-order chi connectivity index (χ1) is 14.4. The van der Waals surface area contributed by atoms with E-state index in [1.807, 2.05) is 12.1 Å². The van der Waals surface area contributed by atoms with Crippen LogP contribution >= 0.6 is 23.2 Å². The number of hydrogen-bond donors (Lipinski definition) is 3. The summed E-state index contributed by atoms with van der Waals surface area (Å²) in [6.07, 6.45) is 2.37. The lowest BCUT2D eigenvalue weighted by atomic mass is 9.61. The Labute approximate surface area is 185 Å². The van der Waals surface area contributed by atoms with Crippen LogP contribution in [0.2, 0.25) is 10.0 Å². The van der Waals surface area contributed by atoms with Gasteiger partial charge >= 0.3 is 0 Å². The minimum atomic E-state index is -0.180. The van der Waals surface area contributed by atoms with E-state index in [1.54, 1.807) is 0 Å². The highest BCUT2D eigenvalue weighted by Gasteiger charge is 2.77. The topological polar surface area (TPSA) is 43.1 Å². The molecule has 30 heavy (non-hydrogen) atoms. The molecular weight excluding hydrogens is 415 g/mol. The number of halogens is 2. The van der Waals surface area contributed by atoms with Gasteiger partial charge in [-0.15, -0.1) is 0 Å². The minimum absolute atomic E-state index is 0.0292. The monoisotopic (exact) mass is 438 g/mol. The normalized spacial score (nSPS) is 36.2. The quantitative estimate of drug-likeness (QED) is 0.462. The molecular formula is C24H24Cl2N4. The van der Waals surface area contributed by atoms with E-state index < -0.39 is 0 Å². The van der Waals surface area contributed by atoms with Gasteiger partial charge in [-0.05, 0) is 80.8 Å². The summed E-state index contributed by atoms with van der Waals surface area (Å²) in [4.78, 5) is 6.52. The fourth-order valence-corrected chi connectivity index (χ4v) is 7.87. The molecule has 0 saturated carbocycles. The van der Waals surface area contributed by atoms with Gasteiger partial charge in [0, 0.05) is 38.9 Å². The first kappa shape index (κ1) is 17.9. The molecule has 4 aliphatic heterocycles. The molecule has 1 spiro atoms. The number of aromatic nitrogens is 1. The first-order valence-corrected chi connectivity index (χ1v) is 11.5. The predicted molar refractivity (Wildman–Crippen MR) is 123 cm³/mol. The number of nitrogens with one attached hydrogen (secondary N) is 3. The molecule has 2 aromatic carbocycles. The number of aromatic amines is 1. The van der Waals surface area contributed by atoms with Crippen molar-refractivity contribution in [3.8, 4) is 0 Å².